The maximum atomic E-state index is 12.9. The highest BCUT2D eigenvalue weighted by Crippen LogP contribution is 2.58. The Labute approximate surface area is 151 Å². The van der Waals surface area contributed by atoms with E-state index in [1.165, 1.54) is 0 Å². The van der Waals surface area contributed by atoms with Crippen LogP contribution in [0.2, 0.25) is 0 Å². The van der Waals surface area contributed by atoms with E-state index in [2.05, 4.69) is 0 Å². The molecule has 0 bridgehead atoms. The monoisotopic (exact) mass is 365 g/mol. The lowest BCUT2D eigenvalue weighted by atomic mass is 9.83. The predicted molar refractivity (Wildman–Crippen MR) is 99.3 cm³/mol. The largest absolute Gasteiger partial charge is 0.481 e. The number of hydrogen-bond donors (Lipinski definition) is 1. The number of piperidine rings is 1. The van der Waals surface area contributed by atoms with Crippen LogP contribution in [0.25, 0.3) is 0 Å². The summed E-state index contributed by atoms with van der Waals surface area (Å²) in [4.78, 5) is 26.9. The first kappa shape index (κ1) is 17.7. The highest BCUT2D eigenvalue weighted by atomic mass is 32.2. The van der Waals surface area contributed by atoms with Gasteiger partial charge in [0.05, 0.1) is 16.5 Å². The molecular formula is C18H23NO3S2. The lowest BCUT2D eigenvalue weighted by Gasteiger charge is -2.48. The smallest absolute Gasteiger partial charge is 0.311 e. The van der Waals surface area contributed by atoms with Crippen LogP contribution in [0.1, 0.15) is 36.9 Å². The van der Waals surface area contributed by atoms with E-state index in [9.17, 15) is 14.7 Å². The van der Waals surface area contributed by atoms with Gasteiger partial charge in [0, 0.05) is 18.1 Å². The number of amides is 1. The summed E-state index contributed by atoms with van der Waals surface area (Å²) in [7, 11) is 0. The number of rotatable bonds is 4. The van der Waals surface area contributed by atoms with E-state index in [0.717, 1.165) is 29.1 Å². The average molecular weight is 366 g/mol. The molecule has 0 radical (unpaired) electrons. The van der Waals surface area contributed by atoms with Crippen molar-refractivity contribution in [1.29, 1.82) is 0 Å². The number of carboxylic acids is 1. The van der Waals surface area contributed by atoms with Gasteiger partial charge in [-0.25, -0.2) is 0 Å². The second-order valence-electron chi connectivity index (χ2n) is 6.44. The molecule has 2 aliphatic rings. The van der Waals surface area contributed by atoms with Crippen LogP contribution >= 0.6 is 23.5 Å². The van der Waals surface area contributed by atoms with Crippen LogP contribution < -0.4 is 0 Å². The van der Waals surface area contributed by atoms with Crippen molar-refractivity contribution in [2.45, 2.75) is 36.8 Å². The van der Waals surface area contributed by atoms with Crippen molar-refractivity contribution < 1.29 is 14.7 Å². The van der Waals surface area contributed by atoms with Crippen LogP contribution in [0.15, 0.2) is 24.3 Å². The predicted octanol–water partition coefficient (Wildman–Crippen LogP) is 3.56. The minimum absolute atomic E-state index is 0.0850. The number of aliphatic carboxylic acids is 1. The minimum atomic E-state index is -0.795. The zero-order valence-corrected chi connectivity index (χ0v) is 15.7. The van der Waals surface area contributed by atoms with E-state index in [1.807, 2.05) is 38.1 Å². The Balaban J connectivity index is 2.09. The van der Waals surface area contributed by atoms with Gasteiger partial charge in [0.25, 0.3) is 0 Å². The van der Waals surface area contributed by atoms with Crippen LogP contribution in [0.4, 0.5) is 0 Å². The molecule has 2 atom stereocenters. The van der Waals surface area contributed by atoms with E-state index in [1.54, 1.807) is 28.4 Å². The molecule has 24 heavy (non-hydrogen) atoms. The summed E-state index contributed by atoms with van der Waals surface area (Å²) in [5.41, 5.74) is 2.07. The second-order valence-corrected chi connectivity index (χ2v) is 9.55. The number of hydrogen-bond acceptors (Lipinski definition) is 4. The highest BCUT2D eigenvalue weighted by molar-refractivity contribution is 8.21. The maximum Gasteiger partial charge on any atom is 0.311 e. The summed E-state index contributed by atoms with van der Waals surface area (Å²) in [6, 6.07) is 7.57. The Kier molecular flexibility index (Phi) is 5.16. The van der Waals surface area contributed by atoms with Crippen molar-refractivity contribution in [3.05, 3.63) is 35.4 Å². The Morgan fingerprint density at radius 3 is 2.46 bits per heavy atom. The number of carboxylic acid groups (broad SMARTS) is 1. The van der Waals surface area contributed by atoms with E-state index < -0.39 is 16.0 Å². The molecule has 2 saturated heterocycles. The number of thioether (sulfide) groups is 2. The van der Waals surface area contributed by atoms with Crippen LogP contribution in [-0.2, 0) is 9.59 Å². The van der Waals surface area contributed by atoms with Crippen LogP contribution in [0.5, 0.6) is 0 Å². The van der Waals surface area contributed by atoms with Crippen molar-refractivity contribution in [1.82, 2.24) is 4.90 Å². The third-order valence-corrected chi connectivity index (χ3v) is 8.32. The first-order valence-electron chi connectivity index (χ1n) is 8.35. The van der Waals surface area contributed by atoms with E-state index >= 15 is 0 Å². The van der Waals surface area contributed by atoms with E-state index in [0.29, 0.717) is 13.0 Å². The molecule has 0 aromatic heterocycles. The van der Waals surface area contributed by atoms with E-state index in [-0.39, 0.29) is 11.9 Å². The highest BCUT2D eigenvalue weighted by Gasteiger charge is 2.57. The van der Waals surface area contributed by atoms with Gasteiger partial charge in [0.1, 0.15) is 5.92 Å². The van der Waals surface area contributed by atoms with Crippen molar-refractivity contribution in [3.8, 4) is 0 Å². The molecule has 1 amide bonds. The molecule has 1 aromatic rings. The molecule has 1 aromatic carbocycles. The SMILES string of the molecule is CCCN1C(=O)CC2(SCCS2)[C@@H](C(=O)O)[C@@H]1c1ccc(C)cc1. The van der Waals surface area contributed by atoms with Gasteiger partial charge in [0.15, 0.2) is 0 Å². The number of likely N-dealkylation sites (tertiary alicyclic amines) is 1. The fraction of sp³-hybridized carbons (Fsp3) is 0.556. The lowest BCUT2D eigenvalue weighted by molar-refractivity contribution is -0.152. The van der Waals surface area contributed by atoms with Crippen LogP contribution in [0.3, 0.4) is 0 Å². The van der Waals surface area contributed by atoms with Crippen LogP contribution in [-0.4, -0.2) is 44.0 Å². The number of benzene rings is 1. The van der Waals surface area contributed by atoms with Gasteiger partial charge in [0.2, 0.25) is 5.91 Å². The first-order chi connectivity index (χ1) is 11.5. The standard InChI is InChI=1S/C18H23NO3S2/c1-3-8-19-14(20)11-18(23-9-10-24-18)15(17(21)22)16(19)13-6-4-12(2)5-7-13/h4-7,15-16H,3,8-11H2,1-2H3,(H,21,22)/t15-,16+/m1/s1. The third kappa shape index (κ3) is 3.06. The number of carbonyl (C=O) groups excluding carboxylic acids is 1. The molecule has 1 spiro atoms. The zero-order chi connectivity index (χ0) is 17.3. The summed E-state index contributed by atoms with van der Waals surface area (Å²) in [5, 5.41) is 10.1. The molecule has 130 valence electrons. The van der Waals surface area contributed by atoms with Gasteiger partial charge < -0.3 is 10.0 Å². The maximum absolute atomic E-state index is 12.9. The van der Waals surface area contributed by atoms with Crippen molar-refractivity contribution >= 4 is 35.4 Å². The van der Waals surface area contributed by atoms with Crippen molar-refractivity contribution in [2.24, 2.45) is 5.92 Å². The molecule has 6 heteroatoms. The van der Waals surface area contributed by atoms with Gasteiger partial charge in [-0.2, -0.15) is 0 Å². The molecule has 1 N–H and O–H groups in total. The fourth-order valence-corrected chi connectivity index (χ4v) is 7.17. The quantitative estimate of drug-likeness (QED) is 0.884. The summed E-state index contributed by atoms with van der Waals surface area (Å²) >= 11 is 3.32. The Hall–Kier alpha value is -1.14. The summed E-state index contributed by atoms with van der Waals surface area (Å²) in [6.07, 6.45) is 1.15. The lowest BCUT2D eigenvalue weighted by Crippen LogP contribution is -2.55. The molecular weight excluding hydrogens is 342 g/mol. The molecule has 2 aliphatic heterocycles. The molecule has 0 aliphatic carbocycles. The molecule has 2 heterocycles. The fourth-order valence-electron chi connectivity index (χ4n) is 3.71. The summed E-state index contributed by atoms with van der Waals surface area (Å²) < 4.78 is -0.525. The topological polar surface area (TPSA) is 57.6 Å². The molecule has 0 saturated carbocycles. The Morgan fingerprint density at radius 2 is 1.92 bits per heavy atom. The van der Waals surface area contributed by atoms with Crippen molar-refractivity contribution in [2.75, 3.05) is 18.1 Å². The second kappa shape index (κ2) is 7.00. The third-order valence-electron chi connectivity index (χ3n) is 4.77. The Morgan fingerprint density at radius 1 is 1.29 bits per heavy atom. The van der Waals surface area contributed by atoms with Gasteiger partial charge in [-0.3, -0.25) is 9.59 Å². The van der Waals surface area contributed by atoms with Crippen LogP contribution in [0, 0.1) is 12.8 Å². The number of carbonyl (C=O) groups is 2. The van der Waals surface area contributed by atoms with Gasteiger partial charge >= 0.3 is 5.97 Å². The molecule has 2 fully saturated rings. The Bertz CT molecular complexity index is 626. The van der Waals surface area contributed by atoms with Gasteiger partial charge in [-0.05, 0) is 18.9 Å². The molecule has 3 rings (SSSR count). The minimum Gasteiger partial charge on any atom is -0.481 e. The first-order valence-corrected chi connectivity index (χ1v) is 10.3. The number of nitrogens with zero attached hydrogens (tertiary/aromatic N) is 1. The van der Waals surface area contributed by atoms with Gasteiger partial charge in [-0.1, -0.05) is 36.8 Å². The van der Waals surface area contributed by atoms with Crippen molar-refractivity contribution in [3.63, 3.8) is 0 Å². The average Bonchev–Trinajstić information content (AvgIpc) is 2.99. The summed E-state index contributed by atoms with van der Waals surface area (Å²) in [5.74, 6) is 0.534. The van der Waals surface area contributed by atoms with E-state index in [4.69, 9.17) is 0 Å². The molecule has 4 nitrogen and oxygen atoms in total. The zero-order valence-electron chi connectivity index (χ0n) is 14.0. The number of aryl methyl sites for hydroxylation is 1. The van der Waals surface area contributed by atoms with Gasteiger partial charge in [-0.15, -0.1) is 23.5 Å². The normalized spacial score (nSPS) is 26.1. The molecule has 0 unspecified atom stereocenters. The summed E-state index contributed by atoms with van der Waals surface area (Å²) in [6.45, 7) is 4.64.